The molecule has 0 fully saturated rings. The second kappa shape index (κ2) is 5.93. The van der Waals surface area contributed by atoms with E-state index in [2.05, 4.69) is 55.7 Å². The predicted molar refractivity (Wildman–Crippen MR) is 99.2 cm³/mol. The summed E-state index contributed by atoms with van der Waals surface area (Å²) in [5.74, 6) is 11.4. The molecule has 3 rings (SSSR count). The number of terminal acetylenes is 2. The summed E-state index contributed by atoms with van der Waals surface area (Å²) in [6.45, 7) is 4.37. The predicted octanol–water partition coefficient (Wildman–Crippen LogP) is 5.08. The highest BCUT2D eigenvalue weighted by Gasteiger charge is 2.15. The minimum atomic E-state index is 0.324. The molecule has 0 aliphatic carbocycles. The Kier molecular flexibility index (Phi) is 3.81. The Morgan fingerprint density at radius 3 is 2.04 bits per heavy atom. The van der Waals surface area contributed by atoms with Crippen LogP contribution in [-0.2, 0) is 0 Å². The molecule has 0 saturated carbocycles. The van der Waals surface area contributed by atoms with Gasteiger partial charge in [0.1, 0.15) is 0 Å². The molecule has 3 aromatic carbocycles. The zero-order valence-electron chi connectivity index (χ0n) is 13.3. The maximum Gasteiger partial charge on any atom is 0.0337 e. The van der Waals surface area contributed by atoms with E-state index in [9.17, 15) is 0 Å². The van der Waals surface area contributed by atoms with Gasteiger partial charge in [-0.1, -0.05) is 50.0 Å². The van der Waals surface area contributed by atoms with Crippen molar-refractivity contribution in [1.29, 1.82) is 0 Å². The summed E-state index contributed by atoms with van der Waals surface area (Å²) in [5, 5.41) is 4.63. The second-order valence-electron chi connectivity index (χ2n) is 5.79. The van der Waals surface area contributed by atoms with Crippen LogP contribution in [0.3, 0.4) is 0 Å². The fourth-order valence-electron chi connectivity index (χ4n) is 3.18. The first-order valence-electron chi connectivity index (χ1n) is 7.59. The molecular weight excluding hydrogens is 276 g/mol. The maximum absolute atomic E-state index is 5.74. The summed E-state index contributed by atoms with van der Waals surface area (Å²) >= 11 is 0. The summed E-state index contributed by atoms with van der Waals surface area (Å²) in [4.78, 5) is 0. The average Bonchev–Trinajstić information content (AvgIpc) is 2.56. The van der Waals surface area contributed by atoms with Crippen LogP contribution < -0.4 is 0 Å². The van der Waals surface area contributed by atoms with Gasteiger partial charge < -0.3 is 0 Å². The Labute approximate surface area is 137 Å². The number of rotatable bonds is 1. The van der Waals surface area contributed by atoms with E-state index in [-0.39, 0.29) is 0 Å². The molecule has 0 nitrogen and oxygen atoms in total. The molecule has 0 heteroatoms. The molecule has 0 bridgehead atoms. The summed E-state index contributed by atoms with van der Waals surface area (Å²) in [6, 6.07) is 14.4. The van der Waals surface area contributed by atoms with Crippen molar-refractivity contribution in [2.45, 2.75) is 19.8 Å². The summed E-state index contributed by atoms with van der Waals surface area (Å²) < 4.78 is 0. The van der Waals surface area contributed by atoms with Gasteiger partial charge >= 0.3 is 0 Å². The molecule has 0 aliphatic heterocycles. The molecule has 0 aromatic heterocycles. The molecule has 108 valence electrons. The van der Waals surface area contributed by atoms with Gasteiger partial charge in [-0.05, 0) is 52.3 Å². The van der Waals surface area contributed by atoms with Crippen molar-refractivity contribution in [3.8, 4) is 36.5 Å². The molecule has 0 radical (unpaired) electrons. The van der Waals surface area contributed by atoms with Crippen LogP contribution >= 0.6 is 0 Å². The third-order valence-corrected chi connectivity index (χ3v) is 4.05. The van der Waals surface area contributed by atoms with Crippen molar-refractivity contribution in [2.24, 2.45) is 0 Å². The Morgan fingerprint density at radius 2 is 1.48 bits per heavy atom. The van der Waals surface area contributed by atoms with Crippen LogP contribution in [-0.4, -0.2) is 0 Å². The van der Waals surface area contributed by atoms with E-state index in [0.29, 0.717) is 5.92 Å². The van der Waals surface area contributed by atoms with Crippen molar-refractivity contribution in [2.75, 3.05) is 0 Å². The van der Waals surface area contributed by atoms with Crippen LogP contribution in [0.1, 0.15) is 36.5 Å². The highest BCUT2D eigenvalue weighted by atomic mass is 14.2. The van der Waals surface area contributed by atoms with Crippen molar-refractivity contribution in [3.05, 3.63) is 59.2 Å². The monoisotopic (exact) mass is 292 g/mol. The van der Waals surface area contributed by atoms with E-state index in [4.69, 9.17) is 12.8 Å². The van der Waals surface area contributed by atoms with Gasteiger partial charge in [0.05, 0.1) is 0 Å². The molecule has 0 heterocycles. The minimum absolute atomic E-state index is 0.324. The minimum Gasteiger partial charge on any atom is -0.115 e. The topological polar surface area (TPSA) is 0 Å². The number of hydrogen-bond donors (Lipinski definition) is 0. The smallest absolute Gasteiger partial charge is 0.0337 e. The molecule has 3 aromatic rings. The van der Waals surface area contributed by atoms with E-state index >= 15 is 0 Å². The van der Waals surface area contributed by atoms with Crippen LogP contribution in [0.25, 0.3) is 21.5 Å². The maximum atomic E-state index is 5.74. The lowest BCUT2D eigenvalue weighted by Gasteiger charge is -2.17. The van der Waals surface area contributed by atoms with E-state index in [0.717, 1.165) is 21.9 Å². The molecule has 0 atom stereocenters. The Balaban J connectivity index is 2.61. The van der Waals surface area contributed by atoms with Crippen molar-refractivity contribution in [1.82, 2.24) is 0 Å². The van der Waals surface area contributed by atoms with Crippen LogP contribution in [0.4, 0.5) is 0 Å². The summed E-state index contributed by atoms with van der Waals surface area (Å²) in [5.41, 5.74) is 3.12. The van der Waals surface area contributed by atoms with Crippen LogP contribution in [0, 0.1) is 36.5 Å². The van der Waals surface area contributed by atoms with Crippen molar-refractivity contribution in [3.63, 3.8) is 0 Å². The third-order valence-electron chi connectivity index (χ3n) is 4.05. The molecular formula is C23H16. The Bertz CT molecular complexity index is 1050. The quantitative estimate of drug-likeness (QED) is 0.433. The zero-order chi connectivity index (χ0) is 16.4. The van der Waals surface area contributed by atoms with Gasteiger partial charge in [0.15, 0.2) is 0 Å². The van der Waals surface area contributed by atoms with Gasteiger partial charge in [-0.2, -0.15) is 0 Å². The highest BCUT2D eigenvalue weighted by Crippen LogP contribution is 2.36. The normalized spacial score (nSPS) is 10.1. The van der Waals surface area contributed by atoms with E-state index in [1.165, 1.54) is 16.3 Å². The summed E-state index contributed by atoms with van der Waals surface area (Å²) in [6.07, 6.45) is 11.0. The first kappa shape index (κ1) is 14.8. The lowest BCUT2D eigenvalue weighted by Crippen LogP contribution is -1.96. The average molecular weight is 292 g/mol. The van der Waals surface area contributed by atoms with Gasteiger partial charge in [-0.25, -0.2) is 0 Å². The lowest BCUT2D eigenvalue weighted by atomic mass is 9.86. The van der Waals surface area contributed by atoms with Crippen LogP contribution in [0.2, 0.25) is 0 Å². The van der Waals surface area contributed by atoms with Gasteiger partial charge in [0, 0.05) is 21.9 Å². The van der Waals surface area contributed by atoms with Gasteiger partial charge in [-0.15, -0.1) is 12.8 Å². The van der Waals surface area contributed by atoms with Crippen molar-refractivity contribution < 1.29 is 0 Å². The van der Waals surface area contributed by atoms with Crippen LogP contribution in [0.15, 0.2) is 42.5 Å². The molecule has 0 amide bonds. The molecule has 0 aliphatic rings. The molecule has 0 N–H and O–H groups in total. The molecule has 0 saturated heterocycles. The van der Waals surface area contributed by atoms with Crippen LogP contribution in [0.5, 0.6) is 0 Å². The number of hydrogen-bond acceptors (Lipinski definition) is 0. The number of fused-ring (bicyclic) bond motifs is 2. The highest BCUT2D eigenvalue weighted by molar-refractivity contribution is 6.07. The first-order chi connectivity index (χ1) is 11.2. The van der Waals surface area contributed by atoms with Gasteiger partial charge in [-0.3, -0.25) is 0 Å². The molecule has 23 heavy (non-hydrogen) atoms. The Morgan fingerprint density at radius 1 is 0.870 bits per heavy atom. The van der Waals surface area contributed by atoms with Gasteiger partial charge in [0.25, 0.3) is 0 Å². The fraction of sp³-hybridized carbons (Fsp3) is 0.130. The summed E-state index contributed by atoms with van der Waals surface area (Å²) in [7, 11) is 0. The van der Waals surface area contributed by atoms with E-state index in [1.54, 1.807) is 0 Å². The van der Waals surface area contributed by atoms with E-state index < -0.39 is 0 Å². The Hall–Kier alpha value is -3.14. The standard InChI is InChI=1S/C23H16/c1-5-7-10-18-12-9-14-20-15-19-13-8-11-17(6-2)22(19)21(16(3)4)23(18)20/h1-2,8-9,11-16H,3-4H3. The lowest BCUT2D eigenvalue weighted by molar-refractivity contribution is 0.885. The largest absolute Gasteiger partial charge is 0.115 e. The van der Waals surface area contributed by atoms with Crippen molar-refractivity contribution >= 4 is 21.5 Å². The third kappa shape index (κ3) is 2.44. The second-order valence-corrected chi connectivity index (χ2v) is 5.79. The zero-order valence-corrected chi connectivity index (χ0v) is 13.3. The van der Waals surface area contributed by atoms with E-state index in [1.807, 2.05) is 24.3 Å². The van der Waals surface area contributed by atoms with Gasteiger partial charge in [0.2, 0.25) is 0 Å². The SMILES string of the molecule is C#CC#Cc1cccc2cc3cccc(C#C)c3c(C(C)C)c12. The molecule has 0 spiro atoms. The number of benzene rings is 3. The molecule has 0 unspecified atom stereocenters. The fourth-order valence-corrected chi connectivity index (χ4v) is 3.18. The first-order valence-corrected chi connectivity index (χ1v) is 7.59.